The van der Waals surface area contributed by atoms with E-state index < -0.39 is 0 Å². The molecule has 0 aliphatic carbocycles. The van der Waals surface area contributed by atoms with Crippen molar-refractivity contribution in [2.45, 2.75) is 19.9 Å². The Morgan fingerprint density at radius 3 is 2.53 bits per heavy atom. The van der Waals surface area contributed by atoms with Gasteiger partial charge in [0.1, 0.15) is 0 Å². The number of hydrogen-bond donors (Lipinski definition) is 0. The topological polar surface area (TPSA) is 29.3 Å². The largest absolute Gasteiger partial charge is 0.428 e. The third-order valence-electron chi connectivity index (χ3n) is 2.35. The first-order chi connectivity index (χ1) is 8.09. The second-order valence-corrected chi connectivity index (χ2v) is 4.72. The van der Waals surface area contributed by atoms with Gasteiger partial charge in [0.2, 0.25) is 5.88 Å². The SMILES string of the molecule is CC(C)N(c1ccc(Cl)c(Cl)c1)c1cnco1. The maximum Gasteiger partial charge on any atom is 0.220 e. The Balaban J connectivity index is 2.43. The maximum atomic E-state index is 6.02. The molecule has 5 heteroatoms. The van der Waals surface area contributed by atoms with E-state index in [4.69, 9.17) is 27.6 Å². The summed E-state index contributed by atoms with van der Waals surface area (Å²) >= 11 is 11.9. The van der Waals surface area contributed by atoms with Crippen molar-refractivity contribution in [2.24, 2.45) is 0 Å². The fourth-order valence-electron chi connectivity index (χ4n) is 1.64. The van der Waals surface area contributed by atoms with Gasteiger partial charge < -0.3 is 9.32 Å². The lowest BCUT2D eigenvalue weighted by atomic mass is 10.2. The molecule has 0 unspecified atom stereocenters. The molecule has 0 amide bonds. The average Bonchev–Trinajstić information content (AvgIpc) is 2.76. The Kier molecular flexibility index (Phi) is 3.60. The van der Waals surface area contributed by atoms with Gasteiger partial charge in [-0.1, -0.05) is 23.2 Å². The number of oxazole rings is 1. The zero-order valence-electron chi connectivity index (χ0n) is 9.52. The molecule has 0 fully saturated rings. The predicted molar refractivity (Wildman–Crippen MR) is 70.2 cm³/mol. The summed E-state index contributed by atoms with van der Waals surface area (Å²) < 4.78 is 5.32. The van der Waals surface area contributed by atoms with Crippen LogP contribution >= 0.6 is 23.2 Å². The third kappa shape index (κ3) is 2.56. The zero-order chi connectivity index (χ0) is 12.4. The molecule has 1 heterocycles. The summed E-state index contributed by atoms with van der Waals surface area (Å²) in [5.74, 6) is 0.679. The van der Waals surface area contributed by atoms with Crippen molar-refractivity contribution < 1.29 is 4.42 Å². The molecular formula is C12H12Cl2N2O. The number of nitrogens with zero attached hydrogens (tertiary/aromatic N) is 2. The van der Waals surface area contributed by atoms with Crippen molar-refractivity contribution in [3.63, 3.8) is 0 Å². The zero-order valence-corrected chi connectivity index (χ0v) is 11.0. The molecule has 0 spiro atoms. The second kappa shape index (κ2) is 4.98. The molecule has 0 atom stereocenters. The Morgan fingerprint density at radius 2 is 2.00 bits per heavy atom. The van der Waals surface area contributed by atoms with Crippen molar-refractivity contribution in [2.75, 3.05) is 4.90 Å². The van der Waals surface area contributed by atoms with Gasteiger partial charge >= 0.3 is 0 Å². The fraction of sp³-hybridized carbons (Fsp3) is 0.250. The van der Waals surface area contributed by atoms with Crippen LogP contribution in [0.2, 0.25) is 10.0 Å². The molecule has 90 valence electrons. The van der Waals surface area contributed by atoms with E-state index in [2.05, 4.69) is 18.8 Å². The number of aromatic nitrogens is 1. The molecule has 17 heavy (non-hydrogen) atoms. The van der Waals surface area contributed by atoms with Gasteiger partial charge in [0, 0.05) is 11.7 Å². The third-order valence-corrected chi connectivity index (χ3v) is 3.09. The number of anilines is 2. The summed E-state index contributed by atoms with van der Waals surface area (Å²) in [5.41, 5.74) is 0.922. The smallest absolute Gasteiger partial charge is 0.220 e. The van der Waals surface area contributed by atoms with Gasteiger partial charge in [0.25, 0.3) is 0 Å². The van der Waals surface area contributed by atoms with Crippen molar-refractivity contribution >= 4 is 34.8 Å². The van der Waals surface area contributed by atoms with Crippen LogP contribution in [0.4, 0.5) is 11.6 Å². The minimum Gasteiger partial charge on any atom is -0.428 e. The number of rotatable bonds is 3. The van der Waals surface area contributed by atoms with E-state index in [1.807, 2.05) is 17.0 Å². The van der Waals surface area contributed by atoms with Gasteiger partial charge in [0.15, 0.2) is 6.39 Å². The van der Waals surface area contributed by atoms with Crippen molar-refractivity contribution in [3.8, 4) is 0 Å². The van der Waals surface area contributed by atoms with Gasteiger partial charge in [-0.2, -0.15) is 0 Å². The molecule has 0 N–H and O–H groups in total. The summed E-state index contributed by atoms with van der Waals surface area (Å²) in [4.78, 5) is 5.92. The number of halogens is 2. The lowest BCUT2D eigenvalue weighted by Gasteiger charge is -2.26. The molecule has 1 aromatic carbocycles. The summed E-state index contributed by atoms with van der Waals surface area (Å²) in [6.07, 6.45) is 3.07. The van der Waals surface area contributed by atoms with Gasteiger partial charge in [-0.3, -0.25) is 0 Å². The minimum atomic E-state index is 0.222. The Hall–Kier alpha value is -1.19. The summed E-state index contributed by atoms with van der Waals surface area (Å²) in [7, 11) is 0. The summed E-state index contributed by atoms with van der Waals surface area (Å²) in [6, 6.07) is 5.70. The van der Waals surface area contributed by atoms with E-state index in [9.17, 15) is 0 Å². The molecule has 0 bridgehead atoms. The van der Waals surface area contributed by atoms with Crippen LogP contribution in [0.1, 0.15) is 13.8 Å². The monoisotopic (exact) mass is 270 g/mol. The van der Waals surface area contributed by atoms with Crippen LogP contribution in [0.25, 0.3) is 0 Å². The molecule has 0 aliphatic heterocycles. The van der Waals surface area contributed by atoms with E-state index >= 15 is 0 Å². The molecule has 0 aliphatic rings. The normalized spacial score (nSPS) is 10.9. The highest BCUT2D eigenvalue weighted by Gasteiger charge is 2.16. The van der Waals surface area contributed by atoms with Crippen LogP contribution in [-0.4, -0.2) is 11.0 Å². The molecular weight excluding hydrogens is 259 g/mol. The number of hydrogen-bond acceptors (Lipinski definition) is 3. The van der Waals surface area contributed by atoms with E-state index in [1.54, 1.807) is 12.3 Å². The first-order valence-electron chi connectivity index (χ1n) is 5.22. The highest BCUT2D eigenvalue weighted by molar-refractivity contribution is 6.42. The number of benzene rings is 1. The Labute approximate surface area is 110 Å². The van der Waals surface area contributed by atoms with Crippen LogP contribution in [0.3, 0.4) is 0 Å². The van der Waals surface area contributed by atoms with Crippen LogP contribution in [0.5, 0.6) is 0 Å². The highest BCUT2D eigenvalue weighted by atomic mass is 35.5. The van der Waals surface area contributed by atoms with E-state index in [-0.39, 0.29) is 6.04 Å². The van der Waals surface area contributed by atoms with E-state index in [1.165, 1.54) is 6.39 Å². The first kappa shape index (κ1) is 12.3. The highest BCUT2D eigenvalue weighted by Crippen LogP contribution is 2.32. The van der Waals surface area contributed by atoms with Crippen molar-refractivity contribution in [1.29, 1.82) is 0 Å². The Morgan fingerprint density at radius 1 is 1.24 bits per heavy atom. The van der Waals surface area contributed by atoms with E-state index in [0.717, 1.165) is 5.69 Å². The van der Waals surface area contributed by atoms with Gasteiger partial charge in [-0.25, -0.2) is 4.98 Å². The minimum absolute atomic E-state index is 0.222. The van der Waals surface area contributed by atoms with Crippen molar-refractivity contribution in [1.82, 2.24) is 4.98 Å². The lowest BCUT2D eigenvalue weighted by molar-refractivity contribution is 0.542. The fourth-order valence-corrected chi connectivity index (χ4v) is 1.94. The lowest BCUT2D eigenvalue weighted by Crippen LogP contribution is -2.24. The summed E-state index contributed by atoms with van der Waals surface area (Å²) in [6.45, 7) is 4.12. The quantitative estimate of drug-likeness (QED) is 0.821. The Bertz CT molecular complexity index is 497. The van der Waals surface area contributed by atoms with Crippen LogP contribution in [-0.2, 0) is 0 Å². The standard InChI is InChI=1S/C12H12Cl2N2O/c1-8(2)16(12-6-15-7-17-12)9-3-4-10(13)11(14)5-9/h3-8H,1-2H3. The second-order valence-electron chi connectivity index (χ2n) is 3.90. The molecule has 0 saturated heterocycles. The van der Waals surface area contributed by atoms with Crippen LogP contribution < -0.4 is 4.90 Å². The van der Waals surface area contributed by atoms with Crippen LogP contribution in [0, 0.1) is 0 Å². The van der Waals surface area contributed by atoms with Gasteiger partial charge in [0.05, 0.1) is 16.2 Å². The van der Waals surface area contributed by atoms with E-state index in [0.29, 0.717) is 15.9 Å². The molecule has 2 aromatic rings. The van der Waals surface area contributed by atoms with Gasteiger partial charge in [-0.15, -0.1) is 0 Å². The molecule has 2 rings (SSSR count). The predicted octanol–water partition coefficient (Wildman–Crippen LogP) is 4.53. The molecule has 1 aromatic heterocycles. The van der Waals surface area contributed by atoms with Gasteiger partial charge in [-0.05, 0) is 32.0 Å². The molecule has 0 saturated carbocycles. The average molecular weight is 271 g/mol. The maximum absolute atomic E-state index is 6.02. The van der Waals surface area contributed by atoms with Crippen molar-refractivity contribution in [3.05, 3.63) is 40.8 Å². The first-order valence-corrected chi connectivity index (χ1v) is 5.98. The summed E-state index contributed by atoms with van der Waals surface area (Å²) in [5, 5.41) is 1.06. The molecule has 3 nitrogen and oxygen atoms in total. The van der Waals surface area contributed by atoms with Crippen LogP contribution in [0.15, 0.2) is 35.2 Å². The molecule has 0 radical (unpaired) electrons.